The Kier molecular flexibility index (Phi) is 4.69. The predicted octanol–water partition coefficient (Wildman–Crippen LogP) is 2.39. The summed E-state index contributed by atoms with van der Waals surface area (Å²) in [5.74, 6) is 0.486. The summed E-state index contributed by atoms with van der Waals surface area (Å²) >= 11 is 0. The van der Waals surface area contributed by atoms with E-state index >= 15 is 0 Å². The summed E-state index contributed by atoms with van der Waals surface area (Å²) < 4.78 is 5.49. The molecule has 1 aromatic carbocycles. The smallest absolute Gasteiger partial charge is 0.221 e. The van der Waals surface area contributed by atoms with Crippen LogP contribution in [-0.2, 0) is 9.59 Å². The van der Waals surface area contributed by atoms with Gasteiger partial charge in [0.15, 0.2) is 11.9 Å². The average Bonchev–Trinajstić information content (AvgIpc) is 2.27. The van der Waals surface area contributed by atoms with Gasteiger partial charge in [0, 0.05) is 25.1 Å². The van der Waals surface area contributed by atoms with Gasteiger partial charge in [-0.2, -0.15) is 0 Å². The van der Waals surface area contributed by atoms with Crippen LogP contribution in [0.3, 0.4) is 0 Å². The number of Topliss-reactive ketones (excluding diaryl/α,β-unsaturated/α-hetero) is 1. The number of hydrogen-bond donors (Lipinski definition) is 1. The van der Waals surface area contributed by atoms with Crippen molar-refractivity contribution in [3.63, 3.8) is 0 Å². The molecule has 1 atom stereocenters. The molecule has 0 aromatic heterocycles. The molecule has 4 nitrogen and oxygen atoms in total. The van der Waals surface area contributed by atoms with Gasteiger partial charge in [0.05, 0.1) is 0 Å². The normalized spacial score (nSPS) is 11.7. The highest BCUT2D eigenvalue weighted by Gasteiger charge is 2.12. The SMILES string of the molecule is CCC(=O)C(C)Oc1cccc(NC(C)=O)c1. The maximum Gasteiger partial charge on any atom is 0.221 e. The fourth-order valence-corrected chi connectivity index (χ4v) is 1.41. The number of carbonyl (C=O) groups is 2. The van der Waals surface area contributed by atoms with E-state index in [2.05, 4.69) is 5.32 Å². The molecule has 1 rings (SSSR count). The van der Waals surface area contributed by atoms with Crippen LogP contribution < -0.4 is 10.1 Å². The molecule has 92 valence electrons. The van der Waals surface area contributed by atoms with Crippen molar-refractivity contribution < 1.29 is 14.3 Å². The van der Waals surface area contributed by atoms with Crippen LogP contribution in [0.2, 0.25) is 0 Å². The van der Waals surface area contributed by atoms with Crippen molar-refractivity contribution in [2.24, 2.45) is 0 Å². The Hall–Kier alpha value is -1.84. The maximum atomic E-state index is 11.4. The molecule has 1 unspecified atom stereocenters. The monoisotopic (exact) mass is 235 g/mol. The number of amides is 1. The van der Waals surface area contributed by atoms with Gasteiger partial charge in [0.25, 0.3) is 0 Å². The number of carbonyl (C=O) groups excluding carboxylic acids is 2. The second-order valence-electron chi connectivity index (χ2n) is 3.79. The third-order valence-electron chi connectivity index (χ3n) is 2.27. The third kappa shape index (κ3) is 4.26. The predicted molar refractivity (Wildman–Crippen MR) is 66.1 cm³/mol. The number of ketones is 1. The lowest BCUT2D eigenvalue weighted by Gasteiger charge is -2.13. The zero-order valence-corrected chi connectivity index (χ0v) is 10.3. The van der Waals surface area contributed by atoms with E-state index in [1.54, 1.807) is 38.1 Å². The Morgan fingerprint density at radius 2 is 2.12 bits per heavy atom. The Balaban J connectivity index is 2.71. The van der Waals surface area contributed by atoms with E-state index in [0.29, 0.717) is 17.9 Å². The van der Waals surface area contributed by atoms with Crippen molar-refractivity contribution in [1.82, 2.24) is 0 Å². The summed E-state index contributed by atoms with van der Waals surface area (Å²) in [6.07, 6.45) is -0.0143. The summed E-state index contributed by atoms with van der Waals surface area (Å²) in [4.78, 5) is 22.3. The molecule has 0 spiro atoms. The van der Waals surface area contributed by atoms with E-state index in [-0.39, 0.29) is 11.7 Å². The van der Waals surface area contributed by atoms with Gasteiger partial charge >= 0.3 is 0 Å². The molecule has 1 aromatic rings. The van der Waals surface area contributed by atoms with Gasteiger partial charge in [-0.25, -0.2) is 0 Å². The van der Waals surface area contributed by atoms with E-state index in [0.717, 1.165) is 0 Å². The van der Waals surface area contributed by atoms with E-state index in [9.17, 15) is 9.59 Å². The Morgan fingerprint density at radius 3 is 2.71 bits per heavy atom. The first kappa shape index (κ1) is 13.2. The highest BCUT2D eigenvalue weighted by Crippen LogP contribution is 2.18. The Labute approximate surface area is 101 Å². The zero-order chi connectivity index (χ0) is 12.8. The first-order valence-corrected chi connectivity index (χ1v) is 5.60. The van der Waals surface area contributed by atoms with Crippen LogP contribution in [0.4, 0.5) is 5.69 Å². The first-order valence-electron chi connectivity index (χ1n) is 5.60. The van der Waals surface area contributed by atoms with Crippen LogP contribution in [0.25, 0.3) is 0 Å². The van der Waals surface area contributed by atoms with Gasteiger partial charge in [-0.05, 0) is 19.1 Å². The van der Waals surface area contributed by atoms with Crippen LogP contribution >= 0.6 is 0 Å². The van der Waals surface area contributed by atoms with Crippen molar-refractivity contribution >= 4 is 17.4 Å². The van der Waals surface area contributed by atoms with Crippen LogP contribution in [0, 0.1) is 0 Å². The molecule has 0 saturated carbocycles. The Morgan fingerprint density at radius 1 is 1.41 bits per heavy atom. The number of rotatable bonds is 5. The Bertz CT molecular complexity index is 415. The van der Waals surface area contributed by atoms with Gasteiger partial charge < -0.3 is 10.1 Å². The molecule has 0 saturated heterocycles. The van der Waals surface area contributed by atoms with Crippen LogP contribution in [0.1, 0.15) is 27.2 Å². The van der Waals surface area contributed by atoms with Gasteiger partial charge in [-0.3, -0.25) is 9.59 Å². The summed E-state index contributed by atoms with van der Waals surface area (Å²) in [6.45, 7) is 4.96. The van der Waals surface area contributed by atoms with Gasteiger partial charge in [0.1, 0.15) is 5.75 Å². The molecule has 4 heteroatoms. The third-order valence-corrected chi connectivity index (χ3v) is 2.27. The molecule has 1 amide bonds. The maximum absolute atomic E-state index is 11.4. The highest BCUT2D eigenvalue weighted by atomic mass is 16.5. The topological polar surface area (TPSA) is 55.4 Å². The van der Waals surface area contributed by atoms with Crippen molar-refractivity contribution in [1.29, 1.82) is 0 Å². The van der Waals surface area contributed by atoms with Gasteiger partial charge in [-0.15, -0.1) is 0 Å². The minimum absolute atomic E-state index is 0.0509. The number of benzene rings is 1. The van der Waals surface area contributed by atoms with E-state index in [4.69, 9.17) is 4.74 Å². The molecule has 0 heterocycles. The highest BCUT2D eigenvalue weighted by molar-refractivity contribution is 5.88. The van der Waals surface area contributed by atoms with Crippen LogP contribution in [-0.4, -0.2) is 17.8 Å². The second-order valence-corrected chi connectivity index (χ2v) is 3.79. The van der Waals surface area contributed by atoms with Crippen LogP contribution in [0.15, 0.2) is 24.3 Å². The number of hydrogen-bond acceptors (Lipinski definition) is 3. The molecule has 0 aliphatic rings. The van der Waals surface area contributed by atoms with Crippen molar-refractivity contribution in [2.45, 2.75) is 33.3 Å². The zero-order valence-electron chi connectivity index (χ0n) is 10.3. The van der Waals surface area contributed by atoms with Gasteiger partial charge in [-0.1, -0.05) is 13.0 Å². The fourth-order valence-electron chi connectivity index (χ4n) is 1.41. The summed E-state index contributed by atoms with van der Waals surface area (Å²) in [7, 11) is 0. The first-order chi connectivity index (χ1) is 8.02. The lowest BCUT2D eigenvalue weighted by Crippen LogP contribution is -2.22. The van der Waals surface area contributed by atoms with Crippen molar-refractivity contribution in [3.8, 4) is 5.75 Å². The lowest BCUT2D eigenvalue weighted by molar-refractivity contribution is -0.124. The molecular formula is C13H17NO3. The van der Waals surface area contributed by atoms with E-state index < -0.39 is 6.10 Å². The average molecular weight is 235 g/mol. The van der Waals surface area contributed by atoms with Crippen molar-refractivity contribution in [2.75, 3.05) is 5.32 Å². The lowest BCUT2D eigenvalue weighted by atomic mass is 10.2. The minimum atomic E-state index is -0.465. The standard InChI is InChI=1S/C13H17NO3/c1-4-13(16)9(2)17-12-7-5-6-11(8-12)14-10(3)15/h5-9H,4H2,1-3H3,(H,14,15). The second kappa shape index (κ2) is 6.03. The minimum Gasteiger partial charge on any atom is -0.483 e. The molecule has 1 N–H and O–H groups in total. The molecule has 0 bridgehead atoms. The quantitative estimate of drug-likeness (QED) is 0.852. The van der Waals surface area contributed by atoms with Crippen LogP contribution in [0.5, 0.6) is 5.75 Å². The van der Waals surface area contributed by atoms with Gasteiger partial charge in [0.2, 0.25) is 5.91 Å². The van der Waals surface area contributed by atoms with Crippen molar-refractivity contribution in [3.05, 3.63) is 24.3 Å². The largest absolute Gasteiger partial charge is 0.483 e. The summed E-state index contributed by atoms with van der Waals surface area (Å²) in [5.41, 5.74) is 0.658. The summed E-state index contributed by atoms with van der Waals surface area (Å²) in [6, 6.07) is 6.98. The number of ether oxygens (including phenoxy) is 1. The molecule has 0 radical (unpaired) electrons. The van der Waals surface area contributed by atoms with E-state index in [1.807, 2.05) is 0 Å². The molecule has 17 heavy (non-hydrogen) atoms. The summed E-state index contributed by atoms with van der Waals surface area (Å²) in [5, 5.41) is 2.66. The molecule has 0 aliphatic carbocycles. The number of nitrogens with one attached hydrogen (secondary N) is 1. The molecule has 0 fully saturated rings. The van der Waals surface area contributed by atoms with E-state index in [1.165, 1.54) is 6.92 Å². The molecule has 0 aliphatic heterocycles. The fraction of sp³-hybridized carbons (Fsp3) is 0.385. The molecular weight excluding hydrogens is 218 g/mol. The number of anilines is 1.